The second kappa shape index (κ2) is 15.5. The first-order valence-electron chi connectivity index (χ1n) is 17.6. The number of aromatic hydroxyl groups is 1. The van der Waals surface area contributed by atoms with Crippen LogP contribution in [0.15, 0.2) is 94.5 Å². The molecule has 0 bridgehead atoms. The van der Waals surface area contributed by atoms with Crippen molar-refractivity contribution < 1.29 is 24.9 Å². The van der Waals surface area contributed by atoms with Crippen molar-refractivity contribution in [2.45, 2.75) is 64.6 Å². The number of likely N-dealkylation sites (tertiary alicyclic amines) is 2. The summed E-state index contributed by atoms with van der Waals surface area (Å²) in [5, 5.41) is 33.4. The molecule has 2 amide bonds. The third-order valence-corrected chi connectivity index (χ3v) is 11.2. The number of nitrogens with zero attached hydrogens (tertiary/aromatic N) is 2. The van der Waals surface area contributed by atoms with Crippen LogP contribution in [-0.2, 0) is 16.1 Å². The molecular formula is C41H47BrN2O5. The second-order valence-electron chi connectivity index (χ2n) is 14.1. The quantitative estimate of drug-likeness (QED) is 0.111. The first-order valence-corrected chi connectivity index (χ1v) is 18.3. The Labute approximate surface area is 298 Å². The standard InChI is InChI=1S/C41H47BrN2O5/c1-26(2)33-23-34-39(41(49)44(40(34)48)32-17-19-43(20-18-32)24-27-9-5-3-6-10-27)35(25-45)38(33)37(47)15-13-29(28-11-7-4-8-12-28)21-30-22-31(42)14-16-36(30)46/h3-12,14,16,21-22,26,32,34-35,37,39,45-47H,13,15,17-20,23-25H2,1-2H3/b29-21-/t34-,35+,37-,39-/m1/s1. The summed E-state index contributed by atoms with van der Waals surface area (Å²) in [5.74, 6) is -1.92. The van der Waals surface area contributed by atoms with E-state index in [2.05, 4.69) is 46.8 Å². The number of amides is 2. The molecule has 3 aliphatic rings. The number of halogens is 1. The largest absolute Gasteiger partial charge is 0.507 e. The Balaban J connectivity index is 1.21. The number of phenols is 1. The van der Waals surface area contributed by atoms with E-state index in [4.69, 9.17) is 0 Å². The fraction of sp³-hybridized carbons (Fsp3) is 0.415. The highest BCUT2D eigenvalue weighted by atomic mass is 79.9. The van der Waals surface area contributed by atoms with E-state index in [1.165, 1.54) is 10.5 Å². The molecule has 0 saturated carbocycles. The smallest absolute Gasteiger partial charge is 0.234 e. The van der Waals surface area contributed by atoms with Gasteiger partial charge in [0.15, 0.2) is 0 Å². The van der Waals surface area contributed by atoms with Crippen molar-refractivity contribution in [2.24, 2.45) is 23.7 Å². The van der Waals surface area contributed by atoms with E-state index < -0.39 is 23.9 Å². The predicted octanol–water partition coefficient (Wildman–Crippen LogP) is 7.07. The Morgan fingerprint density at radius 2 is 1.63 bits per heavy atom. The second-order valence-corrected chi connectivity index (χ2v) is 15.0. The lowest BCUT2D eigenvalue weighted by atomic mass is 9.66. The molecule has 49 heavy (non-hydrogen) atoms. The summed E-state index contributed by atoms with van der Waals surface area (Å²) in [5.41, 5.74) is 5.55. The minimum Gasteiger partial charge on any atom is -0.507 e. The highest BCUT2D eigenvalue weighted by Gasteiger charge is 2.56. The molecule has 3 aromatic carbocycles. The summed E-state index contributed by atoms with van der Waals surface area (Å²) in [6.45, 7) is 6.28. The number of imide groups is 1. The van der Waals surface area contributed by atoms with E-state index in [0.29, 0.717) is 24.8 Å². The van der Waals surface area contributed by atoms with Crippen LogP contribution in [0.4, 0.5) is 0 Å². The maximum absolute atomic E-state index is 14.2. The Bertz CT molecular complexity index is 1700. The van der Waals surface area contributed by atoms with E-state index in [1.807, 2.05) is 60.7 Å². The number of carbonyl (C=O) groups excluding carboxylic acids is 2. The molecule has 6 rings (SSSR count). The monoisotopic (exact) mass is 726 g/mol. The van der Waals surface area contributed by atoms with E-state index >= 15 is 0 Å². The fourth-order valence-electron chi connectivity index (χ4n) is 8.23. The van der Waals surface area contributed by atoms with Gasteiger partial charge in [-0.2, -0.15) is 0 Å². The van der Waals surface area contributed by atoms with Crippen molar-refractivity contribution in [3.05, 3.63) is 111 Å². The molecule has 2 saturated heterocycles. The van der Waals surface area contributed by atoms with Gasteiger partial charge in [-0.05, 0) is 84.6 Å². The molecule has 0 radical (unpaired) electrons. The van der Waals surface area contributed by atoms with Gasteiger partial charge in [-0.3, -0.25) is 19.4 Å². The van der Waals surface area contributed by atoms with Crippen LogP contribution in [0.3, 0.4) is 0 Å². The number of piperidine rings is 1. The van der Waals surface area contributed by atoms with Crippen LogP contribution in [0.5, 0.6) is 5.75 Å². The molecule has 2 fully saturated rings. The summed E-state index contributed by atoms with van der Waals surface area (Å²) in [7, 11) is 0. The first-order chi connectivity index (χ1) is 23.7. The number of phenolic OH excluding ortho intramolecular Hbond substituents is 1. The number of aliphatic hydroxyl groups excluding tert-OH is 2. The summed E-state index contributed by atoms with van der Waals surface area (Å²) in [4.78, 5) is 32.1. The average Bonchev–Trinajstić information content (AvgIpc) is 3.36. The molecule has 0 aromatic heterocycles. The molecular weight excluding hydrogens is 680 g/mol. The normalized spacial score (nSPS) is 23.0. The number of hydrogen-bond donors (Lipinski definition) is 3. The number of benzene rings is 3. The molecule has 2 heterocycles. The van der Waals surface area contributed by atoms with Gasteiger partial charge in [0, 0.05) is 41.6 Å². The summed E-state index contributed by atoms with van der Waals surface area (Å²) < 4.78 is 0.848. The molecule has 1 aliphatic carbocycles. The molecule has 4 atom stereocenters. The van der Waals surface area contributed by atoms with Crippen LogP contribution in [0.1, 0.15) is 62.6 Å². The minimum absolute atomic E-state index is 0.0422. The number of allylic oxidation sites excluding steroid dienone is 2. The van der Waals surface area contributed by atoms with Crippen molar-refractivity contribution in [1.82, 2.24) is 9.80 Å². The van der Waals surface area contributed by atoms with Gasteiger partial charge < -0.3 is 15.3 Å². The van der Waals surface area contributed by atoms with Gasteiger partial charge >= 0.3 is 0 Å². The van der Waals surface area contributed by atoms with Crippen LogP contribution in [0, 0.1) is 23.7 Å². The van der Waals surface area contributed by atoms with Gasteiger partial charge in [-0.25, -0.2) is 0 Å². The van der Waals surface area contributed by atoms with Crippen molar-refractivity contribution in [3.63, 3.8) is 0 Å². The van der Waals surface area contributed by atoms with Gasteiger partial charge in [-0.15, -0.1) is 0 Å². The SMILES string of the molecule is CC(C)C1=C([C@H](O)CC/C(=C/c2cc(Br)ccc2O)c2ccccc2)[C@H](CO)[C@@H]2C(=O)N(C3CCN(Cc4ccccc4)CC3)C(=O)[C@@H]2C1. The third-order valence-electron chi connectivity index (χ3n) is 10.7. The van der Waals surface area contributed by atoms with Gasteiger partial charge in [0.25, 0.3) is 0 Å². The highest BCUT2D eigenvalue weighted by Crippen LogP contribution is 2.49. The van der Waals surface area contributed by atoms with E-state index in [1.54, 1.807) is 12.1 Å². The molecule has 8 heteroatoms. The summed E-state index contributed by atoms with van der Waals surface area (Å²) in [6, 6.07) is 25.4. The topological polar surface area (TPSA) is 101 Å². The Hall–Kier alpha value is -3.56. The van der Waals surface area contributed by atoms with Crippen LogP contribution in [0.2, 0.25) is 0 Å². The van der Waals surface area contributed by atoms with Gasteiger partial charge in [0.05, 0.1) is 24.5 Å². The van der Waals surface area contributed by atoms with Crippen LogP contribution >= 0.6 is 15.9 Å². The molecule has 3 N–H and O–H groups in total. The zero-order chi connectivity index (χ0) is 34.7. The number of carbonyl (C=O) groups is 2. The molecule has 258 valence electrons. The summed E-state index contributed by atoms with van der Waals surface area (Å²) in [6.07, 6.45) is 3.79. The van der Waals surface area contributed by atoms with E-state index in [9.17, 15) is 24.9 Å². The summed E-state index contributed by atoms with van der Waals surface area (Å²) >= 11 is 3.50. The maximum Gasteiger partial charge on any atom is 0.234 e. The zero-order valence-corrected chi connectivity index (χ0v) is 29.9. The number of aliphatic hydroxyl groups is 2. The average molecular weight is 728 g/mol. The minimum atomic E-state index is -0.906. The molecule has 0 unspecified atom stereocenters. The number of fused-ring (bicyclic) bond motifs is 1. The van der Waals surface area contributed by atoms with Gasteiger partial charge in [0.2, 0.25) is 11.8 Å². The van der Waals surface area contributed by atoms with Gasteiger partial charge in [-0.1, -0.05) is 96.0 Å². The lowest BCUT2D eigenvalue weighted by Crippen LogP contribution is -2.47. The lowest BCUT2D eigenvalue weighted by molar-refractivity contribution is -0.144. The number of rotatable bonds is 11. The number of hydrogen-bond acceptors (Lipinski definition) is 6. The highest BCUT2D eigenvalue weighted by molar-refractivity contribution is 9.10. The Morgan fingerprint density at radius 3 is 2.29 bits per heavy atom. The van der Waals surface area contributed by atoms with Crippen molar-refractivity contribution in [3.8, 4) is 5.75 Å². The van der Waals surface area contributed by atoms with Crippen molar-refractivity contribution in [1.29, 1.82) is 0 Å². The predicted molar refractivity (Wildman–Crippen MR) is 196 cm³/mol. The van der Waals surface area contributed by atoms with Crippen LogP contribution in [-0.4, -0.2) is 68.8 Å². The zero-order valence-electron chi connectivity index (χ0n) is 28.3. The van der Waals surface area contributed by atoms with Gasteiger partial charge in [0.1, 0.15) is 5.75 Å². The van der Waals surface area contributed by atoms with Crippen LogP contribution in [0.25, 0.3) is 11.6 Å². The Kier molecular flexibility index (Phi) is 11.2. The fourth-order valence-corrected chi connectivity index (χ4v) is 8.61. The molecule has 3 aromatic rings. The Morgan fingerprint density at radius 1 is 0.959 bits per heavy atom. The first kappa shape index (κ1) is 35.3. The molecule has 2 aliphatic heterocycles. The van der Waals surface area contributed by atoms with Crippen molar-refractivity contribution >= 4 is 39.4 Å². The van der Waals surface area contributed by atoms with Crippen LogP contribution < -0.4 is 0 Å². The maximum atomic E-state index is 14.2. The molecule has 0 spiro atoms. The van der Waals surface area contributed by atoms with Crippen molar-refractivity contribution in [2.75, 3.05) is 19.7 Å². The van der Waals surface area contributed by atoms with E-state index in [0.717, 1.165) is 59.2 Å². The van der Waals surface area contributed by atoms with E-state index in [-0.39, 0.29) is 36.1 Å². The lowest BCUT2D eigenvalue weighted by Gasteiger charge is -2.38. The third kappa shape index (κ3) is 7.63. The molecule has 7 nitrogen and oxygen atoms in total.